The molecule has 0 heterocycles. The lowest BCUT2D eigenvalue weighted by molar-refractivity contribution is -0.384. The van der Waals surface area contributed by atoms with Crippen molar-refractivity contribution in [1.29, 1.82) is 0 Å². The molecular weight excluding hydrogens is 343 g/mol. The standard InChI is InChI=1S/C15H10Cl2N2O4/c16-11-3-1-2-4-12(11)18-15(21)13(17)14(20)9-5-7-10(8-6-9)19(22)23/h1-8,13H,(H,18,21)/t13-/m0/s1. The lowest BCUT2D eigenvalue weighted by atomic mass is 10.1. The van der Waals surface area contributed by atoms with E-state index in [1.807, 2.05) is 0 Å². The average molecular weight is 353 g/mol. The number of alkyl halides is 1. The predicted octanol–water partition coefficient (Wildman–Crippen LogP) is 3.68. The molecule has 0 aromatic heterocycles. The van der Waals surface area contributed by atoms with E-state index in [-0.39, 0.29) is 11.3 Å². The predicted molar refractivity (Wildman–Crippen MR) is 87.1 cm³/mol. The Balaban J connectivity index is 2.11. The second-order valence-electron chi connectivity index (χ2n) is 4.50. The average Bonchev–Trinajstić information content (AvgIpc) is 2.55. The molecule has 0 fully saturated rings. The van der Waals surface area contributed by atoms with Gasteiger partial charge in [-0.15, -0.1) is 11.6 Å². The number of halogens is 2. The number of hydrogen-bond donors (Lipinski definition) is 1. The van der Waals surface area contributed by atoms with E-state index in [1.165, 1.54) is 24.3 Å². The van der Waals surface area contributed by atoms with Gasteiger partial charge in [0.05, 0.1) is 15.6 Å². The number of benzene rings is 2. The van der Waals surface area contributed by atoms with Gasteiger partial charge in [-0.2, -0.15) is 0 Å². The van der Waals surface area contributed by atoms with Crippen molar-refractivity contribution >= 4 is 46.3 Å². The molecule has 6 nitrogen and oxygen atoms in total. The molecule has 1 N–H and O–H groups in total. The Bertz CT molecular complexity index is 762. The van der Waals surface area contributed by atoms with E-state index >= 15 is 0 Å². The van der Waals surface area contributed by atoms with Crippen molar-refractivity contribution in [2.45, 2.75) is 5.38 Å². The summed E-state index contributed by atoms with van der Waals surface area (Å²) in [6.45, 7) is 0. The molecule has 0 bridgehead atoms. The molecule has 1 atom stereocenters. The molecule has 0 saturated carbocycles. The van der Waals surface area contributed by atoms with Crippen molar-refractivity contribution in [2.24, 2.45) is 0 Å². The molecule has 2 aromatic rings. The van der Waals surface area contributed by atoms with Gasteiger partial charge < -0.3 is 5.32 Å². The Labute approximate surface area is 141 Å². The minimum atomic E-state index is -1.48. The number of Topliss-reactive ketones (excluding diaryl/α,β-unsaturated/α-hetero) is 1. The number of nitro groups is 1. The largest absolute Gasteiger partial charge is 0.323 e. The van der Waals surface area contributed by atoms with E-state index in [0.717, 1.165) is 0 Å². The first-order valence-corrected chi connectivity index (χ1v) is 7.19. The minimum absolute atomic E-state index is 0.102. The molecule has 8 heteroatoms. The number of nitrogens with one attached hydrogen (secondary N) is 1. The first-order chi connectivity index (χ1) is 10.9. The number of hydrogen-bond acceptors (Lipinski definition) is 4. The number of rotatable bonds is 5. The molecule has 0 aliphatic rings. The summed E-state index contributed by atoms with van der Waals surface area (Å²) in [6, 6.07) is 11.3. The summed E-state index contributed by atoms with van der Waals surface area (Å²) in [7, 11) is 0. The lowest BCUT2D eigenvalue weighted by Gasteiger charge is -2.11. The van der Waals surface area contributed by atoms with Gasteiger partial charge in [0.2, 0.25) is 5.91 Å². The maximum atomic E-state index is 12.1. The zero-order valence-corrected chi connectivity index (χ0v) is 13.0. The number of non-ortho nitro benzene ring substituents is 1. The second-order valence-corrected chi connectivity index (χ2v) is 5.34. The summed E-state index contributed by atoms with van der Waals surface area (Å²) in [5, 5.41) is 11.9. The third-order valence-electron chi connectivity index (χ3n) is 2.95. The Hall–Kier alpha value is -2.44. The maximum absolute atomic E-state index is 12.1. The van der Waals surface area contributed by atoms with E-state index in [9.17, 15) is 19.7 Å². The first-order valence-electron chi connectivity index (χ1n) is 6.38. The van der Waals surface area contributed by atoms with Crippen LogP contribution in [0.4, 0.5) is 11.4 Å². The number of amides is 1. The molecule has 0 saturated heterocycles. The highest BCUT2D eigenvalue weighted by Crippen LogP contribution is 2.22. The molecule has 2 aromatic carbocycles. The highest BCUT2D eigenvalue weighted by molar-refractivity contribution is 6.45. The van der Waals surface area contributed by atoms with Crippen LogP contribution < -0.4 is 5.32 Å². The van der Waals surface area contributed by atoms with E-state index < -0.39 is 22.0 Å². The molecule has 0 aliphatic carbocycles. The van der Waals surface area contributed by atoms with Crippen LogP contribution in [-0.2, 0) is 4.79 Å². The minimum Gasteiger partial charge on any atom is -0.323 e. The summed E-state index contributed by atoms with van der Waals surface area (Å²) >= 11 is 11.8. The summed E-state index contributed by atoms with van der Waals surface area (Å²) in [5.41, 5.74) is 0.277. The zero-order valence-electron chi connectivity index (χ0n) is 11.5. The molecule has 0 aliphatic heterocycles. The Morgan fingerprint density at radius 1 is 1.09 bits per heavy atom. The molecule has 0 unspecified atom stereocenters. The van der Waals surface area contributed by atoms with Crippen LogP contribution in [0.1, 0.15) is 10.4 Å². The normalized spacial score (nSPS) is 11.6. The third kappa shape index (κ3) is 4.06. The molecule has 0 spiro atoms. The first kappa shape index (κ1) is 16.9. The van der Waals surface area contributed by atoms with Gasteiger partial charge in [0.15, 0.2) is 11.2 Å². The Kier molecular flexibility index (Phi) is 5.31. The molecule has 23 heavy (non-hydrogen) atoms. The van der Waals surface area contributed by atoms with E-state index in [4.69, 9.17) is 23.2 Å². The number of nitro benzene ring substituents is 1. The van der Waals surface area contributed by atoms with Crippen molar-refractivity contribution in [2.75, 3.05) is 5.32 Å². The molecule has 2 rings (SSSR count). The van der Waals surface area contributed by atoms with Crippen LogP contribution in [0.25, 0.3) is 0 Å². The highest BCUT2D eigenvalue weighted by Gasteiger charge is 2.26. The van der Waals surface area contributed by atoms with Crippen LogP contribution in [0.5, 0.6) is 0 Å². The van der Waals surface area contributed by atoms with Gasteiger partial charge >= 0.3 is 0 Å². The van der Waals surface area contributed by atoms with Crippen molar-refractivity contribution in [3.05, 3.63) is 69.2 Å². The fourth-order valence-corrected chi connectivity index (χ4v) is 2.13. The number of para-hydroxylation sites is 1. The second kappa shape index (κ2) is 7.21. The van der Waals surface area contributed by atoms with Crippen LogP contribution in [-0.4, -0.2) is 22.0 Å². The van der Waals surface area contributed by atoms with E-state index in [1.54, 1.807) is 24.3 Å². The van der Waals surface area contributed by atoms with Crippen LogP contribution in [0.15, 0.2) is 48.5 Å². The quantitative estimate of drug-likeness (QED) is 0.292. The molecule has 1 amide bonds. The molecule has 118 valence electrons. The number of carbonyl (C=O) groups is 2. The highest BCUT2D eigenvalue weighted by atomic mass is 35.5. The van der Waals surface area contributed by atoms with Crippen molar-refractivity contribution < 1.29 is 14.5 Å². The van der Waals surface area contributed by atoms with Gasteiger partial charge in [-0.05, 0) is 24.3 Å². The Morgan fingerprint density at radius 2 is 1.70 bits per heavy atom. The number of anilines is 1. The van der Waals surface area contributed by atoms with Crippen molar-refractivity contribution in [3.63, 3.8) is 0 Å². The van der Waals surface area contributed by atoms with Crippen LogP contribution >= 0.6 is 23.2 Å². The number of nitrogens with zero attached hydrogens (tertiary/aromatic N) is 1. The SMILES string of the molecule is O=C(Nc1ccccc1Cl)[C@@H](Cl)C(=O)c1ccc([N+](=O)[O-])cc1. The van der Waals surface area contributed by atoms with Gasteiger partial charge in [0, 0.05) is 17.7 Å². The van der Waals surface area contributed by atoms with Gasteiger partial charge in [-0.1, -0.05) is 23.7 Å². The van der Waals surface area contributed by atoms with Gasteiger partial charge in [0.1, 0.15) is 0 Å². The summed E-state index contributed by atoms with van der Waals surface area (Å²) in [5.74, 6) is -1.39. The van der Waals surface area contributed by atoms with E-state index in [0.29, 0.717) is 10.7 Å². The topological polar surface area (TPSA) is 89.3 Å². The van der Waals surface area contributed by atoms with Crippen molar-refractivity contribution in [3.8, 4) is 0 Å². The summed E-state index contributed by atoms with van der Waals surface area (Å²) in [6.07, 6.45) is 0. The molecular formula is C15H10Cl2N2O4. The summed E-state index contributed by atoms with van der Waals surface area (Å²) < 4.78 is 0. The van der Waals surface area contributed by atoms with E-state index in [2.05, 4.69) is 5.32 Å². The Morgan fingerprint density at radius 3 is 2.26 bits per heavy atom. The lowest BCUT2D eigenvalue weighted by Crippen LogP contribution is -2.30. The number of ketones is 1. The van der Waals surface area contributed by atoms with Gasteiger partial charge in [0.25, 0.3) is 5.69 Å². The smallest absolute Gasteiger partial charge is 0.269 e. The van der Waals surface area contributed by atoms with Crippen LogP contribution in [0.2, 0.25) is 5.02 Å². The van der Waals surface area contributed by atoms with Gasteiger partial charge in [-0.25, -0.2) is 0 Å². The zero-order chi connectivity index (χ0) is 17.0. The number of carbonyl (C=O) groups excluding carboxylic acids is 2. The fourth-order valence-electron chi connectivity index (χ4n) is 1.77. The maximum Gasteiger partial charge on any atom is 0.269 e. The van der Waals surface area contributed by atoms with Gasteiger partial charge in [-0.3, -0.25) is 19.7 Å². The van der Waals surface area contributed by atoms with Crippen molar-refractivity contribution in [1.82, 2.24) is 0 Å². The summed E-state index contributed by atoms with van der Waals surface area (Å²) in [4.78, 5) is 34.2. The third-order valence-corrected chi connectivity index (χ3v) is 3.68. The fraction of sp³-hybridized carbons (Fsp3) is 0.0667. The van der Waals surface area contributed by atoms with Crippen LogP contribution in [0, 0.1) is 10.1 Å². The molecule has 0 radical (unpaired) electrons. The van der Waals surface area contributed by atoms with Crippen LogP contribution in [0.3, 0.4) is 0 Å². The monoisotopic (exact) mass is 352 g/mol.